The predicted octanol–water partition coefficient (Wildman–Crippen LogP) is 2.60. The Kier molecular flexibility index (Phi) is 7.06. The van der Waals surface area contributed by atoms with E-state index in [4.69, 9.17) is 16.3 Å². The van der Waals surface area contributed by atoms with Gasteiger partial charge in [-0.1, -0.05) is 24.6 Å². The summed E-state index contributed by atoms with van der Waals surface area (Å²) in [6.45, 7) is 10.0. The molecule has 1 aliphatic heterocycles. The van der Waals surface area contributed by atoms with Crippen LogP contribution in [0.25, 0.3) is 0 Å². The van der Waals surface area contributed by atoms with Crippen molar-refractivity contribution in [2.75, 3.05) is 44.2 Å². The minimum Gasteiger partial charge on any atom is -0.478 e. The van der Waals surface area contributed by atoms with E-state index in [2.05, 4.69) is 32.0 Å². The summed E-state index contributed by atoms with van der Waals surface area (Å²) in [7, 11) is 0. The average molecular weight is 404 g/mol. The number of amides is 1. The minimum absolute atomic E-state index is 0.158. The van der Waals surface area contributed by atoms with E-state index in [9.17, 15) is 4.79 Å². The lowest BCUT2D eigenvalue weighted by Gasteiger charge is -2.34. The van der Waals surface area contributed by atoms with Gasteiger partial charge in [-0.2, -0.15) is 0 Å². The van der Waals surface area contributed by atoms with Crippen molar-refractivity contribution in [1.29, 1.82) is 0 Å². The van der Waals surface area contributed by atoms with Gasteiger partial charge in [0.1, 0.15) is 5.82 Å². The molecule has 7 nitrogen and oxygen atoms in total. The van der Waals surface area contributed by atoms with Crippen LogP contribution in [-0.4, -0.2) is 60.1 Å². The Morgan fingerprint density at radius 2 is 1.96 bits per heavy atom. The highest BCUT2D eigenvalue weighted by Gasteiger charge is 2.17. The largest absolute Gasteiger partial charge is 0.478 e. The van der Waals surface area contributed by atoms with Gasteiger partial charge < -0.3 is 19.9 Å². The molecule has 0 bridgehead atoms. The number of likely N-dealkylation sites (N-methyl/N-ethyl adjacent to an activating group) is 1. The van der Waals surface area contributed by atoms with E-state index in [1.54, 1.807) is 18.3 Å². The number of aromatic nitrogens is 2. The molecule has 150 valence electrons. The van der Waals surface area contributed by atoms with Crippen LogP contribution in [0, 0.1) is 0 Å². The van der Waals surface area contributed by atoms with Gasteiger partial charge in [0, 0.05) is 45.0 Å². The highest BCUT2D eigenvalue weighted by Crippen LogP contribution is 2.18. The van der Waals surface area contributed by atoms with E-state index in [1.807, 2.05) is 19.1 Å². The third-order valence-corrected chi connectivity index (χ3v) is 5.04. The van der Waals surface area contributed by atoms with Gasteiger partial charge in [-0.25, -0.2) is 9.97 Å². The quantitative estimate of drug-likeness (QED) is 0.766. The Labute approximate surface area is 170 Å². The van der Waals surface area contributed by atoms with Crippen LogP contribution in [-0.2, 0) is 6.54 Å². The predicted molar refractivity (Wildman–Crippen MR) is 110 cm³/mol. The topological polar surface area (TPSA) is 70.6 Å². The molecular weight excluding hydrogens is 378 g/mol. The maximum atomic E-state index is 12.4. The van der Waals surface area contributed by atoms with E-state index in [1.165, 1.54) is 0 Å². The zero-order valence-electron chi connectivity index (χ0n) is 16.3. The van der Waals surface area contributed by atoms with Crippen LogP contribution in [0.2, 0.25) is 5.02 Å². The zero-order chi connectivity index (χ0) is 19.9. The van der Waals surface area contributed by atoms with Crippen molar-refractivity contribution in [3.05, 3.63) is 46.7 Å². The molecule has 1 saturated heterocycles. The third-order valence-electron chi connectivity index (χ3n) is 4.73. The summed E-state index contributed by atoms with van der Waals surface area (Å²) >= 11 is 6.10. The van der Waals surface area contributed by atoms with Crippen molar-refractivity contribution >= 4 is 23.3 Å². The first-order chi connectivity index (χ1) is 13.6. The Hall–Kier alpha value is -2.38. The fourth-order valence-corrected chi connectivity index (χ4v) is 3.27. The van der Waals surface area contributed by atoms with E-state index in [0.29, 0.717) is 24.1 Å². The second-order valence-electron chi connectivity index (χ2n) is 6.54. The molecule has 2 aromatic heterocycles. The van der Waals surface area contributed by atoms with Gasteiger partial charge in [0.2, 0.25) is 5.88 Å². The number of halogens is 1. The average Bonchev–Trinajstić information content (AvgIpc) is 2.74. The summed E-state index contributed by atoms with van der Waals surface area (Å²) in [6.07, 6.45) is 1.80. The van der Waals surface area contributed by atoms with Gasteiger partial charge in [0.25, 0.3) is 5.91 Å². The van der Waals surface area contributed by atoms with Gasteiger partial charge in [-0.05, 0) is 31.2 Å². The lowest BCUT2D eigenvalue weighted by molar-refractivity contribution is 0.0945. The highest BCUT2D eigenvalue weighted by molar-refractivity contribution is 6.33. The maximum absolute atomic E-state index is 12.4. The normalized spacial score (nSPS) is 14.8. The van der Waals surface area contributed by atoms with Crippen LogP contribution in [0.15, 0.2) is 30.5 Å². The Bertz CT molecular complexity index is 792. The number of ether oxygens (including phenoxy) is 1. The lowest BCUT2D eigenvalue weighted by atomic mass is 10.2. The first-order valence-corrected chi connectivity index (χ1v) is 9.98. The molecule has 3 heterocycles. The Morgan fingerprint density at radius 3 is 2.61 bits per heavy atom. The number of piperazine rings is 1. The fourth-order valence-electron chi connectivity index (χ4n) is 3.08. The van der Waals surface area contributed by atoms with Crippen molar-refractivity contribution in [3.8, 4) is 5.88 Å². The lowest BCUT2D eigenvalue weighted by Crippen LogP contribution is -2.46. The number of nitrogens with zero attached hydrogens (tertiary/aromatic N) is 4. The Morgan fingerprint density at radius 1 is 1.18 bits per heavy atom. The highest BCUT2D eigenvalue weighted by atomic mass is 35.5. The number of carbonyl (C=O) groups excluding carboxylic acids is 1. The van der Waals surface area contributed by atoms with Crippen molar-refractivity contribution < 1.29 is 9.53 Å². The van der Waals surface area contributed by atoms with Crippen molar-refractivity contribution in [1.82, 2.24) is 20.2 Å². The molecule has 0 unspecified atom stereocenters. The summed E-state index contributed by atoms with van der Waals surface area (Å²) < 4.78 is 5.33. The van der Waals surface area contributed by atoms with Crippen LogP contribution < -0.4 is 15.0 Å². The van der Waals surface area contributed by atoms with Crippen LogP contribution in [0.4, 0.5) is 5.82 Å². The number of hydrogen-bond acceptors (Lipinski definition) is 6. The smallest absolute Gasteiger partial charge is 0.271 e. The van der Waals surface area contributed by atoms with E-state index >= 15 is 0 Å². The molecule has 0 aromatic carbocycles. The summed E-state index contributed by atoms with van der Waals surface area (Å²) in [6, 6.07) is 7.25. The first kappa shape index (κ1) is 20.4. The monoisotopic (exact) mass is 403 g/mol. The molecule has 0 spiro atoms. The molecule has 1 aliphatic rings. The molecule has 0 aliphatic carbocycles. The SMILES string of the molecule is CCOc1ccc(Cl)c(C(=O)NCc2ccc(N3CCN(CC)CC3)nc2)n1. The first-order valence-electron chi connectivity index (χ1n) is 9.60. The third kappa shape index (κ3) is 5.11. The van der Waals surface area contributed by atoms with Gasteiger partial charge >= 0.3 is 0 Å². The number of carbonyl (C=O) groups is 1. The summed E-state index contributed by atoms with van der Waals surface area (Å²) in [5, 5.41) is 3.13. The maximum Gasteiger partial charge on any atom is 0.271 e. The number of rotatable bonds is 7. The van der Waals surface area contributed by atoms with Crippen LogP contribution in [0.3, 0.4) is 0 Å². The van der Waals surface area contributed by atoms with E-state index in [0.717, 1.165) is 44.1 Å². The molecule has 0 saturated carbocycles. The summed E-state index contributed by atoms with van der Waals surface area (Å²) in [5.41, 5.74) is 1.08. The van der Waals surface area contributed by atoms with Gasteiger partial charge in [-0.15, -0.1) is 0 Å². The molecule has 0 atom stereocenters. The van der Waals surface area contributed by atoms with E-state index < -0.39 is 0 Å². The van der Waals surface area contributed by atoms with Crippen molar-refractivity contribution in [3.63, 3.8) is 0 Å². The number of pyridine rings is 2. The summed E-state index contributed by atoms with van der Waals surface area (Å²) in [4.78, 5) is 25.9. The van der Waals surface area contributed by atoms with Gasteiger partial charge in [-0.3, -0.25) is 4.79 Å². The zero-order valence-corrected chi connectivity index (χ0v) is 17.1. The minimum atomic E-state index is -0.341. The summed E-state index contributed by atoms with van der Waals surface area (Å²) in [5.74, 6) is 1.01. The molecule has 8 heteroatoms. The van der Waals surface area contributed by atoms with Crippen molar-refractivity contribution in [2.24, 2.45) is 0 Å². The van der Waals surface area contributed by atoms with E-state index in [-0.39, 0.29) is 11.6 Å². The number of nitrogens with one attached hydrogen (secondary N) is 1. The molecule has 3 rings (SSSR count). The van der Waals surface area contributed by atoms with Crippen LogP contribution in [0.5, 0.6) is 5.88 Å². The number of hydrogen-bond donors (Lipinski definition) is 1. The standard InChI is InChI=1S/C20H26ClN5O2/c1-3-25-9-11-26(12-10-25)17-7-5-15(13-22-17)14-23-20(27)19-16(21)6-8-18(24-19)28-4-2/h5-8,13H,3-4,9-12,14H2,1-2H3,(H,23,27). The second kappa shape index (κ2) is 9.71. The molecule has 1 amide bonds. The molecular formula is C20H26ClN5O2. The van der Waals surface area contributed by atoms with Crippen LogP contribution >= 0.6 is 11.6 Å². The molecule has 0 radical (unpaired) electrons. The Balaban J connectivity index is 1.56. The van der Waals surface area contributed by atoms with Gasteiger partial charge in [0.15, 0.2) is 5.69 Å². The fraction of sp³-hybridized carbons (Fsp3) is 0.450. The molecule has 1 fully saturated rings. The molecule has 2 aromatic rings. The second-order valence-corrected chi connectivity index (χ2v) is 6.95. The number of anilines is 1. The van der Waals surface area contributed by atoms with Gasteiger partial charge in [0.05, 0.1) is 11.6 Å². The van der Waals surface area contributed by atoms with Crippen LogP contribution in [0.1, 0.15) is 29.9 Å². The van der Waals surface area contributed by atoms with Crippen molar-refractivity contribution in [2.45, 2.75) is 20.4 Å². The molecule has 1 N–H and O–H groups in total. The molecule has 28 heavy (non-hydrogen) atoms.